The molecule has 0 aromatic heterocycles. The fourth-order valence-corrected chi connectivity index (χ4v) is 2.25. The summed E-state index contributed by atoms with van der Waals surface area (Å²) >= 11 is 0. The van der Waals surface area contributed by atoms with E-state index in [2.05, 4.69) is 10.6 Å². The first-order valence-corrected chi connectivity index (χ1v) is 6.95. The van der Waals surface area contributed by atoms with Crippen LogP contribution < -0.4 is 10.6 Å². The topological polar surface area (TPSA) is 81.7 Å². The number of amides is 3. The molecule has 1 atom stereocenters. The lowest BCUT2D eigenvalue weighted by Crippen LogP contribution is -2.51. The highest BCUT2D eigenvalue weighted by atomic mass is 16.3. The van der Waals surface area contributed by atoms with E-state index >= 15 is 0 Å². The Morgan fingerprint density at radius 2 is 2.16 bits per heavy atom. The van der Waals surface area contributed by atoms with Crippen LogP contribution in [0.3, 0.4) is 0 Å². The molecule has 1 aliphatic rings. The summed E-state index contributed by atoms with van der Waals surface area (Å²) in [4.78, 5) is 24.9. The van der Waals surface area contributed by atoms with Gasteiger partial charge in [0, 0.05) is 13.1 Å². The van der Waals surface area contributed by atoms with Crippen LogP contribution in [-0.2, 0) is 4.79 Å². The minimum absolute atomic E-state index is 0.150. The fourth-order valence-electron chi connectivity index (χ4n) is 2.25. The second kappa shape index (κ2) is 7.45. The maximum atomic E-state index is 11.7. The van der Waals surface area contributed by atoms with Gasteiger partial charge in [-0.2, -0.15) is 0 Å². The number of β-amino-alcohol motifs (C(OH)–C–C–N with tert-alkyl or cyclic N) is 1. The van der Waals surface area contributed by atoms with Crippen molar-refractivity contribution in [1.82, 2.24) is 15.5 Å². The summed E-state index contributed by atoms with van der Waals surface area (Å²) in [6.45, 7) is 5.78. The molecule has 19 heavy (non-hydrogen) atoms. The van der Waals surface area contributed by atoms with Crippen molar-refractivity contribution in [3.8, 4) is 0 Å². The van der Waals surface area contributed by atoms with Crippen LogP contribution in [0.1, 0.15) is 39.5 Å². The number of hydrogen-bond acceptors (Lipinski definition) is 4. The molecule has 0 spiro atoms. The summed E-state index contributed by atoms with van der Waals surface area (Å²) in [6, 6.07) is -0.442. The Morgan fingerprint density at radius 1 is 1.42 bits per heavy atom. The highest BCUT2D eigenvalue weighted by molar-refractivity contribution is 5.95. The summed E-state index contributed by atoms with van der Waals surface area (Å²) in [5, 5.41) is 14.9. The monoisotopic (exact) mass is 271 g/mol. The lowest BCUT2D eigenvalue weighted by molar-refractivity contribution is -0.122. The molecule has 0 radical (unpaired) electrons. The van der Waals surface area contributed by atoms with Gasteiger partial charge in [0.15, 0.2) is 0 Å². The second-order valence-corrected chi connectivity index (χ2v) is 5.47. The number of rotatable bonds is 5. The number of aliphatic hydroxyl groups is 1. The molecule has 3 N–H and O–H groups in total. The highest BCUT2D eigenvalue weighted by Gasteiger charge is 2.29. The van der Waals surface area contributed by atoms with Gasteiger partial charge in [0.05, 0.1) is 12.1 Å². The maximum Gasteiger partial charge on any atom is 0.321 e. The van der Waals surface area contributed by atoms with E-state index in [1.807, 2.05) is 11.8 Å². The molecule has 1 rings (SSSR count). The van der Waals surface area contributed by atoms with Gasteiger partial charge in [0.25, 0.3) is 0 Å². The third kappa shape index (κ3) is 6.54. The minimum atomic E-state index is -0.734. The lowest BCUT2D eigenvalue weighted by atomic mass is 9.95. The van der Waals surface area contributed by atoms with E-state index < -0.39 is 11.6 Å². The molecule has 3 amide bonds. The summed E-state index contributed by atoms with van der Waals surface area (Å²) in [6.07, 6.45) is 3.51. The second-order valence-electron chi connectivity index (χ2n) is 5.47. The number of piperidine rings is 1. The Balaban J connectivity index is 2.25. The Hall–Kier alpha value is -1.14. The van der Waals surface area contributed by atoms with Crippen LogP contribution in [0.5, 0.6) is 0 Å². The van der Waals surface area contributed by atoms with E-state index in [-0.39, 0.29) is 12.5 Å². The van der Waals surface area contributed by atoms with Crippen LogP contribution in [0.25, 0.3) is 0 Å². The lowest BCUT2D eigenvalue weighted by Gasteiger charge is -2.36. The van der Waals surface area contributed by atoms with Crippen LogP contribution in [-0.4, -0.2) is 53.7 Å². The van der Waals surface area contributed by atoms with Gasteiger partial charge in [-0.25, -0.2) is 4.79 Å². The minimum Gasteiger partial charge on any atom is -0.389 e. The first-order chi connectivity index (χ1) is 8.93. The third-order valence-electron chi connectivity index (χ3n) is 3.19. The molecule has 110 valence electrons. The van der Waals surface area contributed by atoms with Gasteiger partial charge in [0.1, 0.15) is 0 Å². The summed E-state index contributed by atoms with van der Waals surface area (Å²) in [5.41, 5.74) is -0.734. The van der Waals surface area contributed by atoms with Gasteiger partial charge in [-0.05, 0) is 32.7 Å². The van der Waals surface area contributed by atoms with Crippen molar-refractivity contribution in [2.24, 2.45) is 0 Å². The van der Waals surface area contributed by atoms with Gasteiger partial charge in [0.2, 0.25) is 5.91 Å². The van der Waals surface area contributed by atoms with E-state index in [4.69, 9.17) is 0 Å². The van der Waals surface area contributed by atoms with Crippen LogP contribution in [0.15, 0.2) is 0 Å². The number of nitrogens with zero attached hydrogens (tertiary/aromatic N) is 1. The highest BCUT2D eigenvalue weighted by Crippen LogP contribution is 2.19. The molecule has 1 saturated heterocycles. The Kier molecular flexibility index (Phi) is 6.24. The zero-order valence-corrected chi connectivity index (χ0v) is 11.9. The number of hydrogen-bond donors (Lipinski definition) is 3. The van der Waals surface area contributed by atoms with Gasteiger partial charge < -0.3 is 10.4 Å². The molecule has 6 heteroatoms. The largest absolute Gasteiger partial charge is 0.389 e. The normalized spacial score (nSPS) is 23.9. The predicted octanol–water partition coefficient (Wildman–Crippen LogP) is 0.459. The molecule has 1 aliphatic heterocycles. The van der Waals surface area contributed by atoms with Crippen LogP contribution in [0.2, 0.25) is 0 Å². The van der Waals surface area contributed by atoms with E-state index in [0.717, 1.165) is 32.2 Å². The number of urea groups is 1. The first-order valence-electron chi connectivity index (χ1n) is 6.95. The van der Waals surface area contributed by atoms with Crippen molar-refractivity contribution in [3.63, 3.8) is 0 Å². The van der Waals surface area contributed by atoms with Crippen molar-refractivity contribution in [2.45, 2.75) is 45.1 Å². The molecular formula is C13H25N3O3. The van der Waals surface area contributed by atoms with Crippen molar-refractivity contribution >= 4 is 11.9 Å². The predicted molar refractivity (Wildman–Crippen MR) is 72.7 cm³/mol. The summed E-state index contributed by atoms with van der Waals surface area (Å²) in [5.74, 6) is -0.327. The zero-order valence-electron chi connectivity index (χ0n) is 11.9. The van der Waals surface area contributed by atoms with Crippen LogP contribution >= 0.6 is 0 Å². The number of likely N-dealkylation sites (tertiary alicyclic amines) is 1. The van der Waals surface area contributed by atoms with Gasteiger partial charge in [-0.3, -0.25) is 15.0 Å². The molecule has 0 aromatic rings. The molecule has 0 saturated carbocycles. The van der Waals surface area contributed by atoms with E-state index in [1.165, 1.54) is 0 Å². The van der Waals surface area contributed by atoms with Crippen molar-refractivity contribution in [1.29, 1.82) is 0 Å². The SMILES string of the molecule is CCCCNC(=O)NC(=O)CN1CCCC(C)(O)C1. The average molecular weight is 271 g/mol. The quantitative estimate of drug-likeness (QED) is 0.634. The Labute approximate surface area is 114 Å². The summed E-state index contributed by atoms with van der Waals surface area (Å²) in [7, 11) is 0. The van der Waals surface area contributed by atoms with Gasteiger partial charge >= 0.3 is 6.03 Å². The van der Waals surface area contributed by atoms with Crippen molar-refractivity contribution in [2.75, 3.05) is 26.2 Å². The van der Waals surface area contributed by atoms with E-state index in [9.17, 15) is 14.7 Å². The van der Waals surface area contributed by atoms with E-state index in [1.54, 1.807) is 6.92 Å². The average Bonchev–Trinajstić information content (AvgIpc) is 2.27. The molecule has 0 aromatic carbocycles. The number of carbonyl (C=O) groups is 2. The number of nitrogens with one attached hydrogen (secondary N) is 2. The third-order valence-corrected chi connectivity index (χ3v) is 3.19. The molecule has 0 aliphatic carbocycles. The molecule has 1 fully saturated rings. The zero-order chi connectivity index (χ0) is 14.3. The van der Waals surface area contributed by atoms with Gasteiger partial charge in [-0.15, -0.1) is 0 Å². The van der Waals surface area contributed by atoms with Gasteiger partial charge in [-0.1, -0.05) is 13.3 Å². The molecule has 1 heterocycles. The number of unbranched alkanes of at least 4 members (excludes halogenated alkanes) is 1. The Morgan fingerprint density at radius 3 is 2.79 bits per heavy atom. The van der Waals surface area contributed by atoms with Crippen LogP contribution in [0.4, 0.5) is 4.79 Å². The van der Waals surface area contributed by atoms with Crippen molar-refractivity contribution in [3.05, 3.63) is 0 Å². The molecule has 6 nitrogen and oxygen atoms in total. The first kappa shape index (κ1) is 15.9. The van der Waals surface area contributed by atoms with Crippen molar-refractivity contribution < 1.29 is 14.7 Å². The standard InChI is InChI=1S/C13H25N3O3/c1-3-4-7-14-12(18)15-11(17)9-16-8-5-6-13(2,19)10-16/h19H,3-10H2,1-2H3,(H2,14,15,17,18). The van der Waals surface area contributed by atoms with Crippen LogP contribution in [0, 0.1) is 0 Å². The Bertz CT molecular complexity index is 318. The maximum absolute atomic E-state index is 11.7. The smallest absolute Gasteiger partial charge is 0.321 e. The molecule has 1 unspecified atom stereocenters. The molecule has 0 bridgehead atoms. The summed E-state index contributed by atoms with van der Waals surface area (Å²) < 4.78 is 0. The van der Waals surface area contributed by atoms with E-state index in [0.29, 0.717) is 13.1 Å². The number of carbonyl (C=O) groups excluding carboxylic acids is 2. The number of imide groups is 1. The fraction of sp³-hybridized carbons (Fsp3) is 0.846. The molecular weight excluding hydrogens is 246 g/mol.